The first-order valence-corrected chi connectivity index (χ1v) is 8.74. The molecular formula is C19H19N3O5. The van der Waals surface area contributed by atoms with Crippen molar-refractivity contribution in [3.8, 4) is 0 Å². The molecule has 2 aromatic heterocycles. The molecule has 0 aliphatic carbocycles. The fourth-order valence-electron chi connectivity index (χ4n) is 3.99. The van der Waals surface area contributed by atoms with E-state index in [1.165, 1.54) is 6.33 Å². The van der Waals surface area contributed by atoms with Gasteiger partial charge in [0.05, 0.1) is 12.9 Å². The molecule has 8 nitrogen and oxygen atoms in total. The lowest BCUT2D eigenvalue weighted by atomic mass is 9.89. The molecule has 3 aromatic rings. The van der Waals surface area contributed by atoms with E-state index in [4.69, 9.17) is 24.4 Å². The van der Waals surface area contributed by atoms with Gasteiger partial charge in [0, 0.05) is 11.1 Å². The number of hydrogen-bond acceptors (Lipinski definition) is 8. The average molecular weight is 369 g/mol. The van der Waals surface area contributed by atoms with Crippen molar-refractivity contribution in [2.24, 2.45) is 0 Å². The van der Waals surface area contributed by atoms with E-state index in [-0.39, 0.29) is 12.4 Å². The van der Waals surface area contributed by atoms with E-state index in [2.05, 4.69) is 9.97 Å². The summed E-state index contributed by atoms with van der Waals surface area (Å²) in [6, 6.07) is 9.68. The number of ether oxygens (including phenoxy) is 3. The highest BCUT2D eigenvalue weighted by Gasteiger charge is 2.62. The maximum absolute atomic E-state index is 9.83. The molecule has 8 heteroatoms. The molecule has 2 aliphatic rings. The van der Waals surface area contributed by atoms with Gasteiger partial charge in [0.25, 0.3) is 0 Å². The van der Waals surface area contributed by atoms with Gasteiger partial charge in [-0.1, -0.05) is 30.3 Å². The Hall–Kier alpha value is -2.52. The molecule has 0 saturated carbocycles. The third-order valence-corrected chi connectivity index (χ3v) is 5.31. The minimum Gasteiger partial charge on any atom is -0.458 e. The Bertz CT molecular complexity index is 978. The fourth-order valence-corrected chi connectivity index (χ4v) is 3.99. The van der Waals surface area contributed by atoms with Crippen LogP contribution in [0.15, 0.2) is 47.3 Å². The molecule has 1 aromatic carbocycles. The number of aliphatic hydroxyl groups excluding tert-OH is 1. The van der Waals surface area contributed by atoms with Crippen molar-refractivity contribution in [2.45, 2.75) is 37.1 Å². The van der Waals surface area contributed by atoms with Crippen molar-refractivity contribution in [3.63, 3.8) is 0 Å². The zero-order valence-corrected chi connectivity index (χ0v) is 14.6. The van der Waals surface area contributed by atoms with E-state index in [1.54, 1.807) is 6.26 Å². The van der Waals surface area contributed by atoms with E-state index in [0.717, 1.165) is 5.56 Å². The van der Waals surface area contributed by atoms with Crippen molar-refractivity contribution in [3.05, 3.63) is 54.0 Å². The topological polar surface area (TPSA) is 113 Å². The molecule has 3 N–H and O–H groups in total. The first-order valence-electron chi connectivity index (χ1n) is 8.74. The van der Waals surface area contributed by atoms with Crippen LogP contribution in [0.25, 0.3) is 11.1 Å². The molecule has 2 fully saturated rings. The number of nitrogens with zero attached hydrogens (tertiary/aromatic N) is 2. The molecule has 2 aliphatic heterocycles. The van der Waals surface area contributed by atoms with Crippen LogP contribution in [0, 0.1) is 0 Å². The summed E-state index contributed by atoms with van der Waals surface area (Å²) in [7, 11) is 0. The summed E-state index contributed by atoms with van der Waals surface area (Å²) < 4.78 is 24.2. The SMILES string of the molecule is C[C@@]12OC(c3ccccc3)O[C@@H]1[C@@H](CO)O[C@H]2c1coc2c(N)ncnc12. The second kappa shape index (κ2) is 6.00. The molecule has 0 amide bonds. The molecule has 2 saturated heterocycles. The van der Waals surface area contributed by atoms with Gasteiger partial charge in [-0.3, -0.25) is 0 Å². The number of rotatable bonds is 3. The standard InChI is InChI=1S/C19H19N3O5/c1-19-15(11-8-24-14-13(11)21-9-22-17(14)20)25-12(7-23)16(19)26-18(27-19)10-5-3-2-4-6-10/h2-6,8-9,12,15-16,18,23H,7H2,1H3,(H2,20,21,22)/t12-,15+,16-,18?,19+/m1/s1. The van der Waals surface area contributed by atoms with Gasteiger partial charge >= 0.3 is 0 Å². The first-order chi connectivity index (χ1) is 13.1. The molecule has 0 radical (unpaired) electrons. The van der Waals surface area contributed by atoms with Gasteiger partial charge in [0.2, 0.25) is 0 Å². The van der Waals surface area contributed by atoms with Crippen LogP contribution in [-0.4, -0.2) is 39.5 Å². The summed E-state index contributed by atoms with van der Waals surface area (Å²) in [5.74, 6) is 0.260. The van der Waals surface area contributed by atoms with Crippen LogP contribution in [0.3, 0.4) is 0 Å². The quantitative estimate of drug-likeness (QED) is 0.722. The highest BCUT2D eigenvalue weighted by Crippen LogP contribution is 2.54. The molecule has 5 rings (SSSR count). The minimum absolute atomic E-state index is 0.186. The third-order valence-electron chi connectivity index (χ3n) is 5.31. The Morgan fingerprint density at radius 3 is 2.78 bits per heavy atom. The maximum atomic E-state index is 9.83. The number of nitrogens with two attached hydrogens (primary N) is 1. The van der Waals surface area contributed by atoms with Gasteiger partial charge in [-0.15, -0.1) is 0 Å². The van der Waals surface area contributed by atoms with Crippen LogP contribution in [0.5, 0.6) is 0 Å². The maximum Gasteiger partial charge on any atom is 0.194 e. The monoisotopic (exact) mass is 369 g/mol. The minimum atomic E-state index is -0.829. The van der Waals surface area contributed by atoms with Gasteiger partial charge in [0.1, 0.15) is 35.8 Å². The number of furan rings is 1. The van der Waals surface area contributed by atoms with E-state index in [0.29, 0.717) is 16.7 Å². The van der Waals surface area contributed by atoms with Gasteiger partial charge in [-0.25, -0.2) is 9.97 Å². The Morgan fingerprint density at radius 1 is 1.19 bits per heavy atom. The van der Waals surface area contributed by atoms with Gasteiger partial charge in [-0.05, 0) is 6.92 Å². The van der Waals surface area contributed by atoms with Crippen LogP contribution >= 0.6 is 0 Å². The molecule has 1 unspecified atom stereocenters. The van der Waals surface area contributed by atoms with E-state index in [1.807, 2.05) is 37.3 Å². The molecule has 0 bridgehead atoms. The van der Waals surface area contributed by atoms with Crippen LogP contribution in [0.2, 0.25) is 0 Å². The Balaban J connectivity index is 1.56. The van der Waals surface area contributed by atoms with E-state index < -0.39 is 30.2 Å². The highest BCUT2D eigenvalue weighted by atomic mass is 16.8. The van der Waals surface area contributed by atoms with Crippen molar-refractivity contribution in [2.75, 3.05) is 12.3 Å². The van der Waals surface area contributed by atoms with Gasteiger partial charge in [-0.2, -0.15) is 0 Å². The van der Waals surface area contributed by atoms with E-state index in [9.17, 15) is 5.11 Å². The summed E-state index contributed by atoms with van der Waals surface area (Å²) >= 11 is 0. The van der Waals surface area contributed by atoms with Crippen LogP contribution in [0.1, 0.15) is 30.4 Å². The van der Waals surface area contributed by atoms with Gasteiger partial charge in [0.15, 0.2) is 17.7 Å². The van der Waals surface area contributed by atoms with Crippen molar-refractivity contribution < 1.29 is 23.7 Å². The Morgan fingerprint density at radius 2 is 2.00 bits per heavy atom. The molecule has 0 spiro atoms. The normalized spacial score (nSPS) is 32.8. The van der Waals surface area contributed by atoms with Crippen molar-refractivity contribution >= 4 is 16.9 Å². The number of hydrogen-bond donors (Lipinski definition) is 2. The number of benzene rings is 1. The lowest BCUT2D eigenvalue weighted by Crippen LogP contribution is -2.40. The number of anilines is 1. The van der Waals surface area contributed by atoms with Gasteiger partial charge < -0.3 is 29.5 Å². The number of fused-ring (bicyclic) bond motifs is 2. The summed E-state index contributed by atoms with van der Waals surface area (Å²) in [5.41, 5.74) is 7.62. The Kier molecular flexibility index (Phi) is 3.70. The molecule has 4 heterocycles. The molecule has 5 atom stereocenters. The van der Waals surface area contributed by atoms with Crippen LogP contribution in [-0.2, 0) is 14.2 Å². The third kappa shape index (κ3) is 2.38. The molecule has 27 heavy (non-hydrogen) atoms. The van der Waals surface area contributed by atoms with Crippen molar-refractivity contribution in [1.82, 2.24) is 9.97 Å². The summed E-state index contributed by atoms with van der Waals surface area (Å²) in [4.78, 5) is 8.25. The second-order valence-electron chi connectivity index (χ2n) is 6.97. The largest absolute Gasteiger partial charge is 0.458 e. The lowest BCUT2D eigenvalue weighted by Gasteiger charge is -2.27. The predicted molar refractivity (Wildman–Crippen MR) is 94.5 cm³/mol. The predicted octanol–water partition coefficient (Wildman–Crippen LogP) is 2.11. The summed E-state index contributed by atoms with van der Waals surface area (Å²) in [5, 5.41) is 9.83. The zero-order valence-electron chi connectivity index (χ0n) is 14.6. The smallest absolute Gasteiger partial charge is 0.194 e. The highest BCUT2D eigenvalue weighted by molar-refractivity contribution is 5.85. The number of nitrogen functional groups attached to an aromatic ring is 1. The molecule has 140 valence electrons. The summed E-state index contributed by atoms with van der Waals surface area (Å²) in [6.45, 7) is 1.73. The van der Waals surface area contributed by atoms with Crippen molar-refractivity contribution in [1.29, 1.82) is 0 Å². The number of aliphatic hydroxyl groups is 1. The Labute approximate surface area is 154 Å². The second-order valence-corrected chi connectivity index (χ2v) is 6.97. The molecular weight excluding hydrogens is 350 g/mol. The number of aromatic nitrogens is 2. The average Bonchev–Trinajstić information content (AvgIpc) is 3.33. The first kappa shape index (κ1) is 16.6. The summed E-state index contributed by atoms with van der Waals surface area (Å²) in [6.07, 6.45) is 0.887. The van der Waals surface area contributed by atoms with Crippen LogP contribution in [0.4, 0.5) is 5.82 Å². The lowest BCUT2D eigenvalue weighted by molar-refractivity contribution is -0.157. The fraction of sp³-hybridized carbons (Fsp3) is 0.368. The zero-order chi connectivity index (χ0) is 18.6. The van der Waals surface area contributed by atoms with Crippen LogP contribution < -0.4 is 5.73 Å². The van der Waals surface area contributed by atoms with E-state index >= 15 is 0 Å².